The second kappa shape index (κ2) is 7.64. The molecule has 2 heterocycles. The largest absolute Gasteiger partial charge is 0.493 e. The summed E-state index contributed by atoms with van der Waals surface area (Å²) in [7, 11) is 1.59. The Balaban J connectivity index is 1.89. The molecule has 1 N–H and O–H groups in total. The summed E-state index contributed by atoms with van der Waals surface area (Å²) in [6.45, 7) is 2.20. The van der Waals surface area contributed by atoms with E-state index in [4.69, 9.17) is 25.8 Å². The fourth-order valence-corrected chi connectivity index (χ4v) is 2.69. The molecule has 2 atom stereocenters. The summed E-state index contributed by atoms with van der Waals surface area (Å²) in [5.41, 5.74) is 0.818. The molecule has 3 rings (SSSR count). The minimum absolute atomic E-state index is 0.126. The average molecular weight is 335 g/mol. The van der Waals surface area contributed by atoms with Gasteiger partial charge in [-0.2, -0.15) is 0 Å². The van der Waals surface area contributed by atoms with Crippen molar-refractivity contribution in [2.75, 3.05) is 26.8 Å². The molecular formula is C17H19ClN2O3. The molecule has 0 bridgehead atoms. The van der Waals surface area contributed by atoms with Crippen molar-refractivity contribution in [3.8, 4) is 11.5 Å². The monoisotopic (exact) mass is 334 g/mol. The molecule has 6 heteroatoms. The van der Waals surface area contributed by atoms with Gasteiger partial charge in [-0.1, -0.05) is 17.7 Å². The number of ether oxygens (including phenoxy) is 3. The van der Waals surface area contributed by atoms with E-state index in [-0.39, 0.29) is 12.2 Å². The van der Waals surface area contributed by atoms with Crippen molar-refractivity contribution in [2.24, 2.45) is 0 Å². The summed E-state index contributed by atoms with van der Waals surface area (Å²) >= 11 is 6.02. The number of halogens is 1. The van der Waals surface area contributed by atoms with Gasteiger partial charge in [-0.25, -0.2) is 0 Å². The number of pyridine rings is 1. The first kappa shape index (κ1) is 16.1. The van der Waals surface area contributed by atoms with Gasteiger partial charge in [0.25, 0.3) is 0 Å². The van der Waals surface area contributed by atoms with E-state index < -0.39 is 0 Å². The lowest BCUT2D eigenvalue weighted by Crippen LogP contribution is -2.43. The molecule has 1 fully saturated rings. The van der Waals surface area contributed by atoms with Gasteiger partial charge in [0.15, 0.2) is 17.6 Å². The molecule has 0 saturated carbocycles. The number of nitrogens with zero attached hydrogens (tertiary/aromatic N) is 1. The maximum Gasteiger partial charge on any atom is 0.168 e. The predicted octanol–water partition coefficient (Wildman–Crippen LogP) is 2.85. The zero-order chi connectivity index (χ0) is 16.1. The Bertz CT molecular complexity index is 633. The number of morpholine rings is 1. The molecule has 0 amide bonds. The zero-order valence-corrected chi connectivity index (χ0v) is 13.6. The van der Waals surface area contributed by atoms with Crippen LogP contribution in [0.2, 0.25) is 5.02 Å². The zero-order valence-electron chi connectivity index (χ0n) is 12.9. The van der Waals surface area contributed by atoms with Crippen LogP contribution in [0, 0.1) is 0 Å². The smallest absolute Gasteiger partial charge is 0.168 e. The molecular weight excluding hydrogens is 316 g/mol. The Hall–Kier alpha value is -1.82. The normalized spacial score (nSPS) is 19.1. The molecule has 1 aliphatic rings. The summed E-state index contributed by atoms with van der Waals surface area (Å²) in [5.74, 6) is 1.20. The van der Waals surface area contributed by atoms with Gasteiger partial charge in [0.1, 0.15) is 6.10 Å². The number of rotatable bonds is 5. The second-order valence-electron chi connectivity index (χ2n) is 5.20. The van der Waals surface area contributed by atoms with Crippen LogP contribution in [0.5, 0.6) is 11.5 Å². The summed E-state index contributed by atoms with van der Waals surface area (Å²) in [4.78, 5) is 4.42. The van der Waals surface area contributed by atoms with Crippen molar-refractivity contribution in [1.29, 1.82) is 0 Å². The van der Waals surface area contributed by atoms with Crippen LogP contribution in [0.4, 0.5) is 0 Å². The third kappa shape index (κ3) is 3.93. The second-order valence-corrected chi connectivity index (χ2v) is 5.64. The molecule has 0 radical (unpaired) electrons. The average Bonchev–Trinajstić information content (AvgIpc) is 2.62. The first-order valence-corrected chi connectivity index (χ1v) is 7.89. The summed E-state index contributed by atoms with van der Waals surface area (Å²) < 4.78 is 17.4. The van der Waals surface area contributed by atoms with E-state index in [1.807, 2.05) is 18.2 Å². The number of hydrogen-bond donors (Lipinski definition) is 1. The van der Waals surface area contributed by atoms with E-state index in [1.54, 1.807) is 31.5 Å². The topological polar surface area (TPSA) is 52.6 Å². The van der Waals surface area contributed by atoms with Crippen LogP contribution in [-0.4, -0.2) is 37.9 Å². The highest BCUT2D eigenvalue weighted by atomic mass is 35.5. The van der Waals surface area contributed by atoms with Crippen LogP contribution in [0.3, 0.4) is 0 Å². The minimum atomic E-state index is -0.334. The fourth-order valence-electron chi connectivity index (χ4n) is 2.53. The van der Waals surface area contributed by atoms with Crippen molar-refractivity contribution in [3.63, 3.8) is 0 Å². The Morgan fingerprint density at radius 1 is 1.30 bits per heavy atom. The highest BCUT2D eigenvalue weighted by Crippen LogP contribution is 2.34. The number of benzene rings is 1. The minimum Gasteiger partial charge on any atom is -0.493 e. The maximum absolute atomic E-state index is 6.21. The molecule has 1 saturated heterocycles. The van der Waals surface area contributed by atoms with E-state index in [0.29, 0.717) is 29.7 Å². The van der Waals surface area contributed by atoms with Gasteiger partial charge in [0.05, 0.1) is 19.4 Å². The van der Waals surface area contributed by atoms with E-state index >= 15 is 0 Å². The summed E-state index contributed by atoms with van der Waals surface area (Å²) in [6, 6.07) is 11.1. The molecule has 1 unspecified atom stereocenters. The third-order valence-corrected chi connectivity index (χ3v) is 3.89. The molecule has 2 aromatic rings. The molecule has 1 aromatic carbocycles. The summed E-state index contributed by atoms with van der Waals surface area (Å²) in [6.07, 6.45) is 1.29. The lowest BCUT2D eigenvalue weighted by atomic mass is 10.1. The van der Waals surface area contributed by atoms with Gasteiger partial charge < -0.3 is 19.5 Å². The number of aromatic nitrogens is 1. The van der Waals surface area contributed by atoms with Crippen LogP contribution in [0.1, 0.15) is 11.8 Å². The van der Waals surface area contributed by atoms with Crippen molar-refractivity contribution in [2.45, 2.75) is 12.2 Å². The first-order chi connectivity index (χ1) is 11.3. The highest BCUT2D eigenvalue weighted by molar-refractivity contribution is 6.30. The Morgan fingerprint density at radius 3 is 2.91 bits per heavy atom. The number of methoxy groups -OCH3 is 1. The first-order valence-electron chi connectivity index (χ1n) is 7.51. The van der Waals surface area contributed by atoms with Gasteiger partial charge in [0, 0.05) is 30.4 Å². The van der Waals surface area contributed by atoms with Crippen molar-refractivity contribution >= 4 is 11.6 Å². The van der Waals surface area contributed by atoms with Crippen LogP contribution >= 0.6 is 11.6 Å². The highest BCUT2D eigenvalue weighted by Gasteiger charge is 2.29. The SMILES string of the molecule is COc1cc(Cl)ccc1OC(c1ccccn1)[C@@H]1CNCCO1. The summed E-state index contributed by atoms with van der Waals surface area (Å²) in [5, 5.41) is 3.92. The van der Waals surface area contributed by atoms with Crippen LogP contribution < -0.4 is 14.8 Å². The standard InChI is InChI=1S/C17H19ClN2O3/c1-21-15-10-12(18)5-6-14(15)23-17(13-4-2-3-7-20-13)16-11-19-8-9-22-16/h2-7,10,16-17,19H,8-9,11H2,1H3/t16-,17?/m0/s1. The van der Waals surface area contributed by atoms with E-state index in [9.17, 15) is 0 Å². The van der Waals surface area contributed by atoms with Crippen molar-refractivity contribution in [1.82, 2.24) is 10.3 Å². The van der Waals surface area contributed by atoms with Crippen molar-refractivity contribution < 1.29 is 14.2 Å². The van der Waals surface area contributed by atoms with E-state index in [0.717, 1.165) is 12.2 Å². The quantitative estimate of drug-likeness (QED) is 0.911. The van der Waals surface area contributed by atoms with Gasteiger partial charge in [-0.15, -0.1) is 0 Å². The fraction of sp³-hybridized carbons (Fsp3) is 0.353. The molecule has 23 heavy (non-hydrogen) atoms. The third-order valence-electron chi connectivity index (χ3n) is 3.65. The van der Waals surface area contributed by atoms with Gasteiger partial charge in [-0.3, -0.25) is 4.98 Å². The molecule has 0 spiro atoms. The molecule has 1 aromatic heterocycles. The van der Waals surface area contributed by atoms with Gasteiger partial charge in [-0.05, 0) is 24.3 Å². The lowest BCUT2D eigenvalue weighted by Gasteiger charge is -2.31. The maximum atomic E-state index is 6.21. The molecule has 1 aliphatic heterocycles. The Kier molecular flexibility index (Phi) is 5.33. The van der Waals surface area contributed by atoms with Crippen LogP contribution in [0.15, 0.2) is 42.6 Å². The molecule has 122 valence electrons. The Morgan fingerprint density at radius 2 is 2.22 bits per heavy atom. The molecule has 5 nitrogen and oxygen atoms in total. The number of hydrogen-bond acceptors (Lipinski definition) is 5. The lowest BCUT2D eigenvalue weighted by molar-refractivity contribution is -0.0452. The van der Waals surface area contributed by atoms with Gasteiger partial charge in [0.2, 0.25) is 0 Å². The number of nitrogens with one attached hydrogen (secondary N) is 1. The van der Waals surface area contributed by atoms with Crippen LogP contribution in [-0.2, 0) is 4.74 Å². The van der Waals surface area contributed by atoms with Crippen molar-refractivity contribution in [3.05, 3.63) is 53.3 Å². The molecule has 0 aliphatic carbocycles. The van der Waals surface area contributed by atoms with E-state index in [2.05, 4.69) is 10.3 Å². The predicted molar refractivity (Wildman–Crippen MR) is 88.2 cm³/mol. The van der Waals surface area contributed by atoms with Crippen LogP contribution in [0.25, 0.3) is 0 Å². The Labute approximate surface area is 140 Å². The van der Waals surface area contributed by atoms with Gasteiger partial charge >= 0.3 is 0 Å². The van der Waals surface area contributed by atoms with E-state index in [1.165, 1.54) is 0 Å².